The van der Waals surface area contributed by atoms with Gasteiger partial charge in [-0.05, 0) is 31.4 Å². The number of anilines is 1. The number of urea groups is 1. The summed E-state index contributed by atoms with van der Waals surface area (Å²) in [7, 11) is 0. The fourth-order valence-corrected chi connectivity index (χ4v) is 3.47. The summed E-state index contributed by atoms with van der Waals surface area (Å²) in [4.78, 5) is 23.6. The molecule has 5 heteroatoms. The van der Waals surface area contributed by atoms with Crippen LogP contribution in [0, 0.1) is 0 Å². The van der Waals surface area contributed by atoms with Gasteiger partial charge in [0, 0.05) is 23.7 Å². The van der Waals surface area contributed by atoms with Crippen LogP contribution >= 0.6 is 0 Å². The van der Waals surface area contributed by atoms with Crippen LogP contribution in [0.15, 0.2) is 54.6 Å². The third-order valence-corrected chi connectivity index (χ3v) is 4.98. The first-order valence-corrected chi connectivity index (χ1v) is 9.65. The molecule has 0 spiro atoms. The van der Waals surface area contributed by atoms with E-state index < -0.39 is 0 Å². The molecule has 0 bridgehead atoms. The van der Waals surface area contributed by atoms with Crippen LogP contribution in [0.5, 0.6) is 0 Å². The summed E-state index contributed by atoms with van der Waals surface area (Å²) >= 11 is 0. The number of nitrogens with one attached hydrogen (secondary N) is 3. The molecular formula is C22H27N3O2. The van der Waals surface area contributed by atoms with E-state index in [1.54, 1.807) is 0 Å². The van der Waals surface area contributed by atoms with Crippen molar-refractivity contribution in [3.05, 3.63) is 54.6 Å². The molecule has 3 amide bonds. The van der Waals surface area contributed by atoms with Crippen LogP contribution in [0.3, 0.4) is 0 Å². The Bertz CT molecular complexity index is 776. The van der Waals surface area contributed by atoms with E-state index in [4.69, 9.17) is 0 Å². The van der Waals surface area contributed by atoms with Gasteiger partial charge in [0.2, 0.25) is 5.91 Å². The zero-order valence-corrected chi connectivity index (χ0v) is 15.7. The normalized spacial score (nSPS) is 18.6. The Morgan fingerprint density at radius 2 is 1.70 bits per heavy atom. The van der Waals surface area contributed by atoms with Crippen LogP contribution in [-0.4, -0.2) is 24.0 Å². The minimum atomic E-state index is -0.0797. The van der Waals surface area contributed by atoms with Crippen LogP contribution in [-0.2, 0) is 4.79 Å². The topological polar surface area (TPSA) is 70.2 Å². The van der Waals surface area contributed by atoms with Gasteiger partial charge in [-0.1, -0.05) is 61.4 Å². The van der Waals surface area contributed by atoms with Crippen LogP contribution < -0.4 is 16.0 Å². The summed E-state index contributed by atoms with van der Waals surface area (Å²) in [6.07, 6.45) is 4.28. The summed E-state index contributed by atoms with van der Waals surface area (Å²) in [6.45, 7) is 2.01. The van der Waals surface area contributed by atoms with Gasteiger partial charge in [-0.2, -0.15) is 0 Å². The van der Waals surface area contributed by atoms with Crippen molar-refractivity contribution in [1.82, 2.24) is 10.6 Å². The molecular weight excluding hydrogens is 338 g/mol. The van der Waals surface area contributed by atoms with Gasteiger partial charge in [-0.15, -0.1) is 0 Å². The standard InChI is InChI=1S/C22H27N3O2/c1-16-19(25-22(27)23-16)13-6-3-7-15-21(26)24-20-14-9-8-12-18(20)17-10-4-2-5-11-17/h2,4-5,8-12,14,16,19H,3,6-7,13,15H2,1H3,(H,24,26)(H2,23,25,27)/t16-,19-/m0/s1. The molecule has 5 nitrogen and oxygen atoms in total. The lowest BCUT2D eigenvalue weighted by molar-refractivity contribution is -0.116. The van der Waals surface area contributed by atoms with Gasteiger partial charge in [-0.3, -0.25) is 4.79 Å². The third-order valence-electron chi connectivity index (χ3n) is 4.98. The first-order chi connectivity index (χ1) is 13.1. The Morgan fingerprint density at radius 1 is 0.963 bits per heavy atom. The lowest BCUT2D eigenvalue weighted by atomic mass is 10.0. The molecule has 3 N–H and O–H groups in total. The lowest BCUT2D eigenvalue weighted by Crippen LogP contribution is -2.30. The highest BCUT2D eigenvalue weighted by molar-refractivity contribution is 5.95. The van der Waals surface area contributed by atoms with E-state index in [2.05, 4.69) is 16.0 Å². The van der Waals surface area contributed by atoms with Crippen molar-refractivity contribution in [1.29, 1.82) is 0 Å². The Kier molecular flexibility index (Phi) is 6.47. The predicted octanol–water partition coefficient (Wildman–Crippen LogP) is 4.31. The molecule has 3 rings (SSSR count). The number of unbranched alkanes of at least 4 members (excludes halogenated alkanes) is 2. The quantitative estimate of drug-likeness (QED) is 0.610. The summed E-state index contributed by atoms with van der Waals surface area (Å²) in [5.41, 5.74) is 2.97. The molecule has 27 heavy (non-hydrogen) atoms. The maximum Gasteiger partial charge on any atom is 0.315 e. The molecule has 0 aromatic heterocycles. The van der Waals surface area contributed by atoms with E-state index in [-0.39, 0.29) is 24.0 Å². The van der Waals surface area contributed by atoms with Crippen molar-refractivity contribution < 1.29 is 9.59 Å². The van der Waals surface area contributed by atoms with Gasteiger partial charge in [0.1, 0.15) is 0 Å². The number of hydrogen-bond acceptors (Lipinski definition) is 2. The van der Waals surface area contributed by atoms with E-state index in [0.717, 1.165) is 42.5 Å². The lowest BCUT2D eigenvalue weighted by Gasteiger charge is -2.14. The minimum absolute atomic E-state index is 0.0441. The van der Waals surface area contributed by atoms with Crippen molar-refractivity contribution in [3.8, 4) is 11.1 Å². The summed E-state index contributed by atoms with van der Waals surface area (Å²) < 4.78 is 0. The van der Waals surface area contributed by atoms with Gasteiger partial charge in [0.05, 0.1) is 6.04 Å². The summed E-state index contributed by atoms with van der Waals surface area (Å²) in [6, 6.07) is 18.2. The highest BCUT2D eigenvalue weighted by Crippen LogP contribution is 2.27. The van der Waals surface area contributed by atoms with E-state index in [1.165, 1.54) is 0 Å². The van der Waals surface area contributed by atoms with Crippen molar-refractivity contribution in [3.63, 3.8) is 0 Å². The van der Waals surface area contributed by atoms with Gasteiger partial charge in [0.15, 0.2) is 0 Å². The highest BCUT2D eigenvalue weighted by Gasteiger charge is 2.26. The molecule has 1 saturated heterocycles. The molecule has 1 fully saturated rings. The predicted molar refractivity (Wildman–Crippen MR) is 109 cm³/mol. The van der Waals surface area contributed by atoms with Crippen molar-refractivity contribution in [2.75, 3.05) is 5.32 Å². The second-order valence-electron chi connectivity index (χ2n) is 7.07. The molecule has 1 heterocycles. The third kappa shape index (κ3) is 5.33. The number of hydrogen-bond donors (Lipinski definition) is 3. The zero-order valence-electron chi connectivity index (χ0n) is 15.7. The summed E-state index contributed by atoms with van der Waals surface area (Å²) in [5, 5.41) is 8.83. The number of amides is 3. The maximum atomic E-state index is 12.3. The number of carbonyl (C=O) groups is 2. The minimum Gasteiger partial charge on any atom is -0.334 e. The molecule has 142 valence electrons. The molecule has 2 aromatic rings. The number of rotatable bonds is 8. The van der Waals surface area contributed by atoms with Crippen molar-refractivity contribution in [2.45, 2.75) is 51.1 Å². The second kappa shape index (κ2) is 9.21. The molecule has 1 aliphatic rings. The summed E-state index contributed by atoms with van der Waals surface area (Å²) in [5.74, 6) is 0.0441. The molecule has 2 aromatic carbocycles. The SMILES string of the molecule is C[C@@H]1NC(=O)N[C@H]1CCCCCC(=O)Nc1ccccc1-c1ccccc1. The van der Waals surface area contributed by atoms with Gasteiger partial charge in [0.25, 0.3) is 0 Å². The van der Waals surface area contributed by atoms with E-state index in [1.807, 2.05) is 61.5 Å². The first-order valence-electron chi connectivity index (χ1n) is 9.65. The monoisotopic (exact) mass is 365 g/mol. The molecule has 2 atom stereocenters. The second-order valence-corrected chi connectivity index (χ2v) is 7.07. The number of benzene rings is 2. The Balaban J connectivity index is 1.43. The van der Waals surface area contributed by atoms with Crippen LogP contribution in [0.25, 0.3) is 11.1 Å². The number of para-hydroxylation sites is 1. The van der Waals surface area contributed by atoms with Crippen LogP contribution in [0.2, 0.25) is 0 Å². The Morgan fingerprint density at radius 3 is 2.44 bits per heavy atom. The van der Waals surface area contributed by atoms with Gasteiger partial charge in [-0.25, -0.2) is 4.79 Å². The molecule has 0 saturated carbocycles. The fourth-order valence-electron chi connectivity index (χ4n) is 3.47. The van der Waals surface area contributed by atoms with E-state index in [9.17, 15) is 9.59 Å². The number of carbonyl (C=O) groups excluding carboxylic acids is 2. The van der Waals surface area contributed by atoms with Crippen molar-refractivity contribution >= 4 is 17.6 Å². The molecule has 0 unspecified atom stereocenters. The van der Waals surface area contributed by atoms with Gasteiger partial charge < -0.3 is 16.0 Å². The fraction of sp³-hybridized carbons (Fsp3) is 0.364. The average molecular weight is 365 g/mol. The first kappa shape index (κ1) is 19.0. The molecule has 0 radical (unpaired) electrons. The van der Waals surface area contributed by atoms with Crippen molar-refractivity contribution in [2.24, 2.45) is 0 Å². The molecule has 0 aliphatic carbocycles. The van der Waals surface area contributed by atoms with Gasteiger partial charge >= 0.3 is 6.03 Å². The average Bonchev–Trinajstić information content (AvgIpc) is 3.00. The van der Waals surface area contributed by atoms with E-state index >= 15 is 0 Å². The highest BCUT2D eigenvalue weighted by atomic mass is 16.2. The molecule has 1 aliphatic heterocycles. The van der Waals surface area contributed by atoms with Crippen LogP contribution in [0.4, 0.5) is 10.5 Å². The largest absolute Gasteiger partial charge is 0.334 e. The van der Waals surface area contributed by atoms with Crippen LogP contribution in [0.1, 0.15) is 39.0 Å². The van der Waals surface area contributed by atoms with E-state index in [0.29, 0.717) is 6.42 Å². The smallest absolute Gasteiger partial charge is 0.315 e. The Labute approximate surface area is 160 Å². The zero-order chi connectivity index (χ0) is 19.1. The Hall–Kier alpha value is -2.82. The maximum absolute atomic E-state index is 12.3.